The van der Waals surface area contributed by atoms with Crippen LogP contribution in [0.15, 0.2) is 35.8 Å². The van der Waals surface area contributed by atoms with Crippen LogP contribution in [0.1, 0.15) is 43.4 Å². The number of nitrogens with one attached hydrogen (secondary N) is 1. The van der Waals surface area contributed by atoms with Crippen molar-refractivity contribution in [2.75, 3.05) is 12.6 Å². The lowest BCUT2D eigenvalue weighted by Gasteiger charge is -2.22. The van der Waals surface area contributed by atoms with Crippen LogP contribution in [0.3, 0.4) is 0 Å². The number of phenolic OH excluding ortho intramolecular Hbond substituents is 1. The lowest BCUT2D eigenvalue weighted by atomic mass is 10.2. The first-order chi connectivity index (χ1) is 13.8. The molecule has 0 fully saturated rings. The Morgan fingerprint density at radius 2 is 1.97 bits per heavy atom. The van der Waals surface area contributed by atoms with Crippen molar-refractivity contribution in [3.8, 4) is 17.2 Å². The van der Waals surface area contributed by atoms with Crippen molar-refractivity contribution in [2.45, 2.75) is 47.5 Å². The predicted molar refractivity (Wildman–Crippen MR) is 115 cm³/mol. The molecule has 0 saturated heterocycles. The maximum Gasteiger partial charge on any atom is 0.427 e. The van der Waals surface area contributed by atoms with Crippen LogP contribution in [0.25, 0.3) is 0 Å². The summed E-state index contributed by atoms with van der Waals surface area (Å²) in [5.41, 5.74) is 5.17. The van der Waals surface area contributed by atoms with Crippen LogP contribution < -0.4 is 14.7 Å². The number of hydrogen-bond donors (Lipinski definition) is 2. The number of methoxy groups -OCH3 is 1. The second-order valence-corrected chi connectivity index (χ2v) is 8.57. The quantitative estimate of drug-likeness (QED) is 0.377. The van der Waals surface area contributed by atoms with E-state index in [1.165, 1.54) is 13.2 Å². The van der Waals surface area contributed by atoms with Gasteiger partial charge in [-0.05, 0) is 62.4 Å². The number of aromatic nitrogens is 1. The van der Waals surface area contributed by atoms with Gasteiger partial charge in [0, 0.05) is 12.3 Å². The molecular formula is C21H29N2O5P. The van der Waals surface area contributed by atoms with Gasteiger partial charge in [0.2, 0.25) is 0 Å². The summed E-state index contributed by atoms with van der Waals surface area (Å²) in [4.78, 5) is 4.25. The molecule has 2 rings (SSSR count). The zero-order valence-corrected chi connectivity index (χ0v) is 18.7. The molecule has 8 heteroatoms. The number of aromatic hydroxyl groups is 1. The van der Waals surface area contributed by atoms with Crippen molar-refractivity contribution >= 4 is 13.4 Å². The van der Waals surface area contributed by atoms with Crippen molar-refractivity contribution in [1.29, 1.82) is 0 Å². The molecule has 0 bridgehead atoms. The number of pyridine rings is 1. The maximum atomic E-state index is 13.8. The Labute approximate surface area is 172 Å². The molecule has 2 aromatic rings. The van der Waals surface area contributed by atoms with Crippen LogP contribution >= 0.6 is 7.60 Å². The summed E-state index contributed by atoms with van der Waals surface area (Å²) in [6.45, 7) is 9.40. The van der Waals surface area contributed by atoms with Crippen LogP contribution in [-0.4, -0.2) is 17.2 Å². The fourth-order valence-corrected chi connectivity index (χ4v) is 4.38. The number of anilines is 1. The van der Waals surface area contributed by atoms with E-state index in [2.05, 4.69) is 10.5 Å². The van der Waals surface area contributed by atoms with Gasteiger partial charge in [-0.1, -0.05) is 19.9 Å². The number of benzene rings is 1. The summed E-state index contributed by atoms with van der Waals surface area (Å²) in [5.74, 6) is 0.980. The van der Waals surface area contributed by atoms with E-state index in [1.807, 2.05) is 39.8 Å². The van der Waals surface area contributed by atoms with E-state index in [0.717, 1.165) is 11.1 Å². The number of phenols is 1. The molecule has 0 saturated carbocycles. The molecule has 7 nitrogen and oxygen atoms in total. The van der Waals surface area contributed by atoms with Crippen molar-refractivity contribution in [2.24, 2.45) is 0 Å². The van der Waals surface area contributed by atoms with Gasteiger partial charge in [-0.25, -0.2) is 15.0 Å². The summed E-state index contributed by atoms with van der Waals surface area (Å²) in [6, 6.07) is 4.95. The first-order valence-electron chi connectivity index (χ1n) is 9.49. The van der Waals surface area contributed by atoms with Gasteiger partial charge in [0.25, 0.3) is 0 Å². The molecule has 29 heavy (non-hydrogen) atoms. The second-order valence-electron chi connectivity index (χ2n) is 6.63. The van der Waals surface area contributed by atoms with Gasteiger partial charge in [-0.3, -0.25) is 0 Å². The largest absolute Gasteiger partial charge is 0.504 e. The molecule has 1 atom stereocenters. The Bertz CT molecular complexity index is 943. The Balaban J connectivity index is 2.41. The van der Waals surface area contributed by atoms with Crippen LogP contribution in [0.5, 0.6) is 17.2 Å². The van der Waals surface area contributed by atoms with Crippen LogP contribution in [0.4, 0.5) is 5.82 Å². The number of allylic oxidation sites excluding steroid dienone is 2. The topological polar surface area (TPSA) is 89.9 Å². The fourth-order valence-electron chi connectivity index (χ4n) is 2.72. The highest BCUT2D eigenvalue weighted by atomic mass is 31.2. The lowest BCUT2D eigenvalue weighted by molar-refractivity contribution is 0.320. The number of hydrogen-bond acceptors (Lipinski definition) is 7. The van der Waals surface area contributed by atoms with Gasteiger partial charge >= 0.3 is 7.60 Å². The molecule has 0 aliphatic carbocycles. The first-order valence-corrected chi connectivity index (χ1v) is 11.0. The van der Waals surface area contributed by atoms with E-state index in [0.29, 0.717) is 29.5 Å². The Morgan fingerprint density at radius 3 is 2.59 bits per heavy atom. The minimum atomic E-state index is -3.76. The third-order valence-electron chi connectivity index (χ3n) is 4.58. The summed E-state index contributed by atoms with van der Waals surface area (Å²) in [7, 11) is -2.32. The van der Waals surface area contributed by atoms with E-state index in [1.54, 1.807) is 19.2 Å². The van der Waals surface area contributed by atoms with Gasteiger partial charge in [0.05, 0.1) is 12.4 Å². The molecule has 0 aliphatic rings. The maximum absolute atomic E-state index is 13.8. The first kappa shape index (κ1) is 22.8. The summed E-state index contributed by atoms with van der Waals surface area (Å²) in [6.07, 6.45) is 4.65. The number of aryl methyl sites for hydroxylation is 2. The Morgan fingerprint density at radius 1 is 1.24 bits per heavy atom. The molecule has 0 spiro atoms. The molecule has 1 aromatic heterocycles. The van der Waals surface area contributed by atoms with E-state index in [-0.39, 0.29) is 17.2 Å². The van der Waals surface area contributed by atoms with Crippen LogP contribution in [0.2, 0.25) is 0 Å². The standard InChI is InChI=1S/C21H29N2O5P/c1-7-9-18(8-2)29(25,28-23-21-16(5)14(3)10-11-22-21)27-17-12-15(4)20(24)19(13-17)26-6/h9-13,24H,7-8H2,1-6H3,(H,22,23)/b18-9+. The van der Waals surface area contributed by atoms with Gasteiger partial charge in [-0.2, -0.15) is 4.62 Å². The van der Waals surface area contributed by atoms with Gasteiger partial charge in [0.1, 0.15) is 5.75 Å². The minimum Gasteiger partial charge on any atom is -0.504 e. The van der Waals surface area contributed by atoms with Gasteiger partial charge in [0.15, 0.2) is 17.3 Å². The van der Waals surface area contributed by atoms with Crippen molar-refractivity contribution in [3.05, 3.63) is 52.5 Å². The van der Waals surface area contributed by atoms with E-state index in [4.69, 9.17) is 13.9 Å². The van der Waals surface area contributed by atoms with Crippen molar-refractivity contribution < 1.29 is 23.6 Å². The normalized spacial score (nSPS) is 13.7. The van der Waals surface area contributed by atoms with Crippen LogP contribution in [0, 0.1) is 20.8 Å². The summed E-state index contributed by atoms with van der Waals surface area (Å²) < 4.78 is 30.5. The third-order valence-corrected chi connectivity index (χ3v) is 6.56. The molecule has 1 heterocycles. The fraction of sp³-hybridized carbons (Fsp3) is 0.381. The summed E-state index contributed by atoms with van der Waals surface area (Å²) in [5, 5.41) is 10.6. The number of rotatable bonds is 9. The average Bonchev–Trinajstić information content (AvgIpc) is 2.69. The van der Waals surface area contributed by atoms with Gasteiger partial charge in [-0.15, -0.1) is 0 Å². The average molecular weight is 420 g/mol. The molecule has 0 aliphatic heterocycles. The van der Waals surface area contributed by atoms with Gasteiger partial charge < -0.3 is 14.4 Å². The highest BCUT2D eigenvalue weighted by Crippen LogP contribution is 2.57. The molecular weight excluding hydrogens is 391 g/mol. The highest BCUT2D eigenvalue weighted by molar-refractivity contribution is 7.58. The van der Waals surface area contributed by atoms with E-state index >= 15 is 0 Å². The lowest BCUT2D eigenvalue weighted by Crippen LogP contribution is -2.09. The van der Waals surface area contributed by atoms with Crippen molar-refractivity contribution in [3.63, 3.8) is 0 Å². The SMILES string of the molecule is CC/C=C(\CC)P(=O)(ONc1nccc(C)c1C)Oc1cc(C)c(O)c(OC)c1. The second kappa shape index (κ2) is 9.81. The van der Waals surface area contributed by atoms with Crippen LogP contribution in [-0.2, 0) is 9.19 Å². The molecule has 2 N–H and O–H groups in total. The monoisotopic (exact) mass is 420 g/mol. The zero-order chi connectivity index (χ0) is 21.6. The van der Waals surface area contributed by atoms with Crippen molar-refractivity contribution in [1.82, 2.24) is 4.98 Å². The minimum absolute atomic E-state index is 0.00752. The molecule has 0 radical (unpaired) electrons. The molecule has 1 aromatic carbocycles. The van der Waals surface area contributed by atoms with E-state index < -0.39 is 7.60 Å². The highest BCUT2D eigenvalue weighted by Gasteiger charge is 2.32. The summed E-state index contributed by atoms with van der Waals surface area (Å²) >= 11 is 0. The molecule has 1 unspecified atom stereocenters. The van der Waals surface area contributed by atoms with E-state index in [9.17, 15) is 9.67 Å². The smallest absolute Gasteiger partial charge is 0.427 e. The number of ether oxygens (including phenoxy) is 1. The predicted octanol–water partition coefficient (Wildman–Crippen LogP) is 6.04. The molecule has 158 valence electrons. The Kier molecular flexibility index (Phi) is 7.71. The number of nitrogens with zero attached hydrogens (tertiary/aromatic N) is 1. The third kappa shape index (κ3) is 5.31. The zero-order valence-electron chi connectivity index (χ0n) is 17.8. The molecule has 0 amide bonds. The Hall–Kier alpha value is -2.50.